The van der Waals surface area contributed by atoms with Gasteiger partial charge in [-0.15, -0.1) is 0 Å². The van der Waals surface area contributed by atoms with Gasteiger partial charge < -0.3 is 5.32 Å². The van der Waals surface area contributed by atoms with Gasteiger partial charge >= 0.3 is 0 Å². The highest BCUT2D eigenvalue weighted by molar-refractivity contribution is 5.94. The first-order valence-corrected chi connectivity index (χ1v) is 8.25. The molecule has 5 rings (SSSR count). The van der Waals surface area contributed by atoms with E-state index in [4.69, 9.17) is 0 Å². The predicted octanol–water partition coefficient (Wildman–Crippen LogP) is 3.17. The van der Waals surface area contributed by atoms with Crippen molar-refractivity contribution in [1.82, 2.24) is 15.0 Å². The zero-order valence-corrected chi connectivity index (χ0v) is 13.8. The highest BCUT2D eigenvalue weighted by Gasteiger charge is 2.60. The zero-order valence-electron chi connectivity index (χ0n) is 13.8. The summed E-state index contributed by atoms with van der Waals surface area (Å²) in [6.45, 7) is 4.11. The summed E-state index contributed by atoms with van der Waals surface area (Å²) in [4.78, 5) is 14.1. The molecule has 1 N–H and O–H groups in total. The number of amides is 1. The summed E-state index contributed by atoms with van der Waals surface area (Å²) in [5.41, 5.74) is 4.09. The lowest BCUT2D eigenvalue weighted by Crippen LogP contribution is -2.58. The van der Waals surface area contributed by atoms with Gasteiger partial charge in [-0.05, 0) is 55.2 Å². The lowest BCUT2D eigenvalue weighted by molar-refractivity contribution is -0.161. The van der Waals surface area contributed by atoms with E-state index in [2.05, 4.69) is 22.4 Å². The van der Waals surface area contributed by atoms with Crippen LogP contribution in [0.3, 0.4) is 0 Å². The fourth-order valence-electron chi connectivity index (χ4n) is 4.05. The average Bonchev–Trinajstić information content (AvgIpc) is 2.84. The van der Waals surface area contributed by atoms with Crippen molar-refractivity contribution in [1.29, 1.82) is 0 Å². The average molecular weight is 310 g/mol. The molecule has 3 aliphatic rings. The molecule has 2 aromatic rings. The topological polar surface area (TPSA) is 59.8 Å². The summed E-state index contributed by atoms with van der Waals surface area (Å²) in [5, 5.41) is 11.6. The van der Waals surface area contributed by atoms with Gasteiger partial charge in [-0.25, -0.2) is 0 Å². The molecular weight excluding hydrogens is 288 g/mol. The number of hydrogen-bond donors (Lipinski definition) is 1. The van der Waals surface area contributed by atoms with Crippen molar-refractivity contribution in [3.8, 4) is 11.3 Å². The highest BCUT2D eigenvalue weighted by Crippen LogP contribution is 2.68. The molecule has 1 aromatic heterocycles. The molecule has 0 saturated heterocycles. The van der Waals surface area contributed by atoms with Crippen LogP contribution in [0.1, 0.15) is 31.7 Å². The van der Waals surface area contributed by atoms with Crippen LogP contribution < -0.4 is 5.32 Å². The Morgan fingerprint density at radius 2 is 2.13 bits per heavy atom. The Bertz CT molecular complexity index is 762. The van der Waals surface area contributed by atoms with Crippen molar-refractivity contribution in [3.63, 3.8) is 0 Å². The fraction of sp³-hybridized carbons (Fsp3) is 0.500. The number of nitrogens with one attached hydrogen (secondary N) is 1. The lowest BCUT2D eigenvalue weighted by atomic mass is 9.40. The second kappa shape index (κ2) is 4.91. The summed E-state index contributed by atoms with van der Waals surface area (Å²) in [6, 6.07) is 5.97. The van der Waals surface area contributed by atoms with Crippen LogP contribution in [0.2, 0.25) is 0 Å². The molecule has 1 amide bonds. The second-order valence-corrected chi connectivity index (χ2v) is 7.30. The molecule has 1 heterocycles. The number of carbonyl (C=O) groups is 1. The summed E-state index contributed by atoms with van der Waals surface area (Å²) in [5.74, 6) is 1.12. The van der Waals surface area contributed by atoms with Gasteiger partial charge in [0.25, 0.3) is 0 Å². The number of benzene rings is 1. The van der Waals surface area contributed by atoms with E-state index < -0.39 is 0 Å². The van der Waals surface area contributed by atoms with Gasteiger partial charge in [0.1, 0.15) is 5.69 Å². The van der Waals surface area contributed by atoms with Crippen LogP contribution in [0.25, 0.3) is 11.3 Å². The fourth-order valence-corrected chi connectivity index (χ4v) is 4.05. The summed E-state index contributed by atoms with van der Waals surface area (Å²) in [7, 11) is 1.80. The van der Waals surface area contributed by atoms with Gasteiger partial charge in [0.15, 0.2) is 0 Å². The Labute approximate surface area is 136 Å². The monoisotopic (exact) mass is 310 g/mol. The van der Waals surface area contributed by atoms with E-state index in [1.54, 1.807) is 18.0 Å². The van der Waals surface area contributed by atoms with Crippen LogP contribution in [0, 0.1) is 24.2 Å². The molecule has 3 aliphatic carbocycles. The van der Waals surface area contributed by atoms with Gasteiger partial charge in [0, 0.05) is 24.2 Å². The van der Waals surface area contributed by atoms with Crippen molar-refractivity contribution in [2.24, 2.45) is 24.3 Å². The molecule has 0 radical (unpaired) electrons. The van der Waals surface area contributed by atoms with E-state index in [0.29, 0.717) is 5.41 Å². The van der Waals surface area contributed by atoms with Crippen molar-refractivity contribution in [2.45, 2.75) is 33.1 Å². The molecular formula is C18H22N4O. The summed E-state index contributed by atoms with van der Waals surface area (Å²) < 4.78 is 0. The number of nitrogens with zero attached hydrogens (tertiary/aromatic N) is 3. The molecule has 3 fully saturated rings. The van der Waals surface area contributed by atoms with Crippen LogP contribution >= 0.6 is 0 Å². The number of anilines is 1. The van der Waals surface area contributed by atoms with E-state index >= 15 is 0 Å². The van der Waals surface area contributed by atoms with Crippen LogP contribution in [0.4, 0.5) is 5.69 Å². The van der Waals surface area contributed by atoms with E-state index in [0.717, 1.165) is 28.4 Å². The number of aryl methyl sites for hydroxylation is 2. The molecule has 1 aromatic carbocycles. The van der Waals surface area contributed by atoms with Gasteiger partial charge in [0.05, 0.1) is 6.20 Å². The molecule has 0 unspecified atom stereocenters. The molecule has 0 aliphatic heterocycles. The molecule has 3 saturated carbocycles. The van der Waals surface area contributed by atoms with Crippen molar-refractivity contribution < 1.29 is 4.79 Å². The third kappa shape index (κ3) is 2.26. The minimum absolute atomic E-state index is 0.0915. The van der Waals surface area contributed by atoms with Crippen molar-refractivity contribution >= 4 is 11.6 Å². The number of rotatable bonds is 4. The number of hydrogen-bond acceptors (Lipinski definition) is 3. The summed E-state index contributed by atoms with van der Waals surface area (Å²) in [6.07, 6.45) is 5.46. The normalized spacial score (nSPS) is 26.1. The molecule has 1 atom stereocenters. The second-order valence-electron chi connectivity index (χ2n) is 7.30. The van der Waals surface area contributed by atoms with Gasteiger partial charge in [0.2, 0.25) is 5.91 Å². The highest BCUT2D eigenvalue weighted by atomic mass is 16.1. The first-order chi connectivity index (χ1) is 11.0. The smallest absolute Gasteiger partial charge is 0.227 e. The van der Waals surface area contributed by atoms with Crippen LogP contribution in [0.15, 0.2) is 24.4 Å². The molecule has 0 spiro atoms. The standard InChI is InChI=1S/C18H22N4O/c1-11-4-5-14(6-15(11)16-10-19-22(3)21-16)20-17(23)12(2)18-7-13(8-18)9-18/h4-6,10,12-13H,7-9H2,1-3H3,(H,20,23)/t12-,13?,18?/m1/s1. The Hall–Kier alpha value is -2.17. The lowest BCUT2D eigenvalue weighted by Gasteiger charge is -2.64. The first-order valence-electron chi connectivity index (χ1n) is 8.25. The van der Waals surface area contributed by atoms with E-state index in [1.807, 2.05) is 25.1 Å². The number of aromatic nitrogens is 3. The molecule has 5 nitrogen and oxygen atoms in total. The minimum atomic E-state index is 0.0915. The molecule has 2 bridgehead atoms. The Morgan fingerprint density at radius 1 is 1.39 bits per heavy atom. The van der Waals surface area contributed by atoms with Crippen molar-refractivity contribution in [3.05, 3.63) is 30.0 Å². The predicted molar refractivity (Wildman–Crippen MR) is 88.7 cm³/mol. The Kier molecular flexibility index (Phi) is 3.08. The van der Waals surface area contributed by atoms with Gasteiger partial charge in [-0.1, -0.05) is 13.0 Å². The quantitative estimate of drug-likeness (QED) is 0.943. The maximum atomic E-state index is 12.6. The van der Waals surface area contributed by atoms with E-state index in [1.165, 1.54) is 19.3 Å². The first kappa shape index (κ1) is 14.4. The van der Waals surface area contributed by atoms with Gasteiger partial charge in [-0.2, -0.15) is 15.0 Å². The maximum Gasteiger partial charge on any atom is 0.227 e. The maximum absolute atomic E-state index is 12.6. The Balaban J connectivity index is 1.54. The van der Waals surface area contributed by atoms with E-state index in [9.17, 15) is 4.79 Å². The van der Waals surface area contributed by atoms with Crippen LogP contribution in [-0.4, -0.2) is 20.9 Å². The van der Waals surface area contributed by atoms with E-state index in [-0.39, 0.29) is 11.8 Å². The van der Waals surface area contributed by atoms with Crippen molar-refractivity contribution in [2.75, 3.05) is 5.32 Å². The third-order valence-corrected chi connectivity index (χ3v) is 5.78. The van der Waals surface area contributed by atoms with Gasteiger partial charge in [-0.3, -0.25) is 4.79 Å². The molecule has 23 heavy (non-hydrogen) atoms. The summed E-state index contributed by atoms with van der Waals surface area (Å²) >= 11 is 0. The Morgan fingerprint density at radius 3 is 2.70 bits per heavy atom. The van der Waals surface area contributed by atoms with Crippen LogP contribution in [-0.2, 0) is 11.8 Å². The van der Waals surface area contributed by atoms with Crippen LogP contribution in [0.5, 0.6) is 0 Å². The number of carbonyl (C=O) groups excluding carboxylic acids is 1. The SMILES string of the molecule is Cc1ccc(NC(=O)[C@@H](C)C23CC(C2)C3)cc1-c1cnn(C)n1. The zero-order chi connectivity index (χ0) is 16.2. The largest absolute Gasteiger partial charge is 0.326 e. The molecule has 5 heteroatoms. The minimum Gasteiger partial charge on any atom is -0.326 e. The molecule has 120 valence electrons. The third-order valence-electron chi connectivity index (χ3n) is 5.78.